The molecule has 0 unspecified atom stereocenters. The van der Waals surface area contributed by atoms with Gasteiger partial charge in [-0.25, -0.2) is 14.4 Å². The third-order valence-electron chi connectivity index (χ3n) is 3.88. The van der Waals surface area contributed by atoms with Gasteiger partial charge in [-0.05, 0) is 17.7 Å². The van der Waals surface area contributed by atoms with Crippen LogP contribution in [0.4, 0.5) is 16.2 Å². The summed E-state index contributed by atoms with van der Waals surface area (Å²) in [6, 6.07) is 6.45. The first kappa shape index (κ1) is 15.2. The number of halogens is 1. The van der Waals surface area contributed by atoms with E-state index in [9.17, 15) is 4.39 Å². The highest BCUT2D eigenvalue weighted by atomic mass is 32.1. The van der Waals surface area contributed by atoms with Crippen molar-refractivity contribution in [3.8, 4) is 0 Å². The second-order valence-corrected chi connectivity index (χ2v) is 6.63. The van der Waals surface area contributed by atoms with Crippen molar-refractivity contribution in [3.05, 3.63) is 40.7 Å². The maximum atomic E-state index is 13.0. The van der Waals surface area contributed by atoms with E-state index >= 15 is 0 Å². The van der Waals surface area contributed by atoms with Crippen molar-refractivity contribution >= 4 is 33.5 Å². The molecule has 3 heterocycles. The number of benzene rings is 1. The van der Waals surface area contributed by atoms with Crippen molar-refractivity contribution in [3.63, 3.8) is 0 Å². The molecule has 0 radical (unpaired) electrons. The lowest BCUT2D eigenvalue weighted by molar-refractivity contribution is 0.122. The number of fused-ring (bicyclic) bond motifs is 1. The summed E-state index contributed by atoms with van der Waals surface area (Å²) < 4.78 is 18.4. The predicted molar refractivity (Wildman–Crippen MR) is 91.9 cm³/mol. The molecule has 1 saturated heterocycles. The molecule has 0 amide bonds. The van der Waals surface area contributed by atoms with E-state index in [0.717, 1.165) is 39.8 Å². The number of rotatable bonds is 3. The van der Waals surface area contributed by atoms with Gasteiger partial charge < -0.3 is 15.4 Å². The van der Waals surface area contributed by atoms with Crippen LogP contribution < -0.4 is 10.6 Å². The van der Waals surface area contributed by atoms with Crippen LogP contribution in [0, 0.1) is 5.82 Å². The largest absolute Gasteiger partial charge is 0.378 e. The Bertz CT molecular complexity index is 861. The normalized spacial score (nSPS) is 15.1. The van der Waals surface area contributed by atoms with Crippen LogP contribution in [0.5, 0.6) is 0 Å². The van der Waals surface area contributed by atoms with Gasteiger partial charge in [-0.3, -0.25) is 0 Å². The van der Waals surface area contributed by atoms with E-state index in [2.05, 4.69) is 14.9 Å². The van der Waals surface area contributed by atoms with Gasteiger partial charge in [0, 0.05) is 19.5 Å². The number of anilines is 2. The summed E-state index contributed by atoms with van der Waals surface area (Å²) in [5, 5.41) is 0.908. The van der Waals surface area contributed by atoms with Crippen LogP contribution in [-0.2, 0) is 11.2 Å². The number of nitrogens with two attached hydrogens (primary N) is 1. The van der Waals surface area contributed by atoms with Crippen molar-refractivity contribution in [1.29, 1.82) is 0 Å². The quantitative estimate of drug-likeness (QED) is 0.784. The summed E-state index contributed by atoms with van der Waals surface area (Å²) in [6.07, 6.45) is 0.629. The first-order chi connectivity index (χ1) is 11.7. The maximum Gasteiger partial charge on any atom is 0.223 e. The Labute approximate surface area is 142 Å². The highest BCUT2D eigenvalue weighted by molar-refractivity contribution is 7.18. The number of aromatic nitrogens is 3. The number of nitrogen functional groups attached to an aromatic ring is 1. The Morgan fingerprint density at radius 1 is 1.12 bits per heavy atom. The second-order valence-electron chi connectivity index (χ2n) is 5.57. The molecule has 8 heteroatoms. The molecule has 3 aromatic rings. The van der Waals surface area contributed by atoms with Gasteiger partial charge in [0.15, 0.2) is 10.6 Å². The third kappa shape index (κ3) is 3.02. The molecule has 0 bridgehead atoms. The molecule has 1 fully saturated rings. The summed E-state index contributed by atoms with van der Waals surface area (Å²) in [5.41, 5.74) is 7.64. The Hall–Kier alpha value is -2.32. The first-order valence-electron chi connectivity index (χ1n) is 7.69. The van der Waals surface area contributed by atoms with E-state index in [1.807, 2.05) is 0 Å². The Morgan fingerprint density at radius 3 is 2.62 bits per heavy atom. The zero-order valence-electron chi connectivity index (χ0n) is 12.9. The minimum Gasteiger partial charge on any atom is -0.378 e. The Balaban J connectivity index is 1.70. The van der Waals surface area contributed by atoms with E-state index in [0.29, 0.717) is 19.6 Å². The second kappa shape index (κ2) is 6.29. The molecular weight excluding hydrogens is 329 g/mol. The maximum absolute atomic E-state index is 13.0. The fraction of sp³-hybridized carbons (Fsp3) is 0.312. The van der Waals surface area contributed by atoms with E-state index in [4.69, 9.17) is 15.5 Å². The van der Waals surface area contributed by atoms with Crippen molar-refractivity contribution in [2.75, 3.05) is 36.9 Å². The number of morpholine rings is 1. The highest BCUT2D eigenvalue weighted by Crippen LogP contribution is 2.30. The van der Waals surface area contributed by atoms with Crippen LogP contribution in [0.2, 0.25) is 0 Å². The topological polar surface area (TPSA) is 77.2 Å². The molecule has 124 valence electrons. The van der Waals surface area contributed by atoms with Gasteiger partial charge in [0.1, 0.15) is 11.3 Å². The molecule has 0 aliphatic carbocycles. The van der Waals surface area contributed by atoms with Crippen LogP contribution in [0.1, 0.15) is 10.6 Å². The zero-order valence-corrected chi connectivity index (χ0v) is 13.7. The van der Waals surface area contributed by atoms with Crippen LogP contribution in [0.3, 0.4) is 0 Å². The van der Waals surface area contributed by atoms with Gasteiger partial charge in [-0.1, -0.05) is 23.5 Å². The van der Waals surface area contributed by atoms with Crippen LogP contribution in [0.25, 0.3) is 10.3 Å². The van der Waals surface area contributed by atoms with Crippen molar-refractivity contribution in [2.24, 2.45) is 0 Å². The molecule has 0 saturated carbocycles. The first-order valence-corrected chi connectivity index (χ1v) is 8.51. The molecule has 2 aromatic heterocycles. The molecule has 0 spiro atoms. The lowest BCUT2D eigenvalue weighted by atomic mass is 10.1. The molecule has 1 aromatic carbocycles. The van der Waals surface area contributed by atoms with Crippen LogP contribution >= 0.6 is 11.3 Å². The highest BCUT2D eigenvalue weighted by Gasteiger charge is 2.20. The Morgan fingerprint density at radius 2 is 1.88 bits per heavy atom. The monoisotopic (exact) mass is 345 g/mol. The van der Waals surface area contributed by atoms with Crippen molar-refractivity contribution in [1.82, 2.24) is 15.0 Å². The molecule has 0 atom stereocenters. The average Bonchev–Trinajstić information content (AvgIpc) is 2.99. The van der Waals surface area contributed by atoms with E-state index in [-0.39, 0.29) is 11.8 Å². The number of ether oxygens (including phenoxy) is 1. The van der Waals surface area contributed by atoms with Crippen molar-refractivity contribution < 1.29 is 9.13 Å². The minimum absolute atomic E-state index is 0.240. The standard InChI is InChI=1S/C16H16FN5OS/c17-11-3-1-10(2-4-11)9-12-19-13-14(22-5-7-23-8-6-22)20-16(18)21-15(13)24-12/h1-4H,5-9H2,(H2,18,20,21). The van der Waals surface area contributed by atoms with Gasteiger partial charge >= 0.3 is 0 Å². The van der Waals surface area contributed by atoms with Crippen molar-refractivity contribution in [2.45, 2.75) is 6.42 Å². The van der Waals surface area contributed by atoms with E-state index < -0.39 is 0 Å². The molecule has 4 rings (SSSR count). The van der Waals surface area contributed by atoms with Gasteiger partial charge in [-0.2, -0.15) is 4.98 Å². The fourth-order valence-electron chi connectivity index (χ4n) is 2.72. The molecule has 1 aliphatic rings. The van der Waals surface area contributed by atoms with E-state index in [1.165, 1.54) is 23.5 Å². The van der Waals surface area contributed by atoms with Gasteiger partial charge in [0.2, 0.25) is 5.95 Å². The number of hydrogen-bond donors (Lipinski definition) is 1. The molecular formula is C16H16FN5OS. The SMILES string of the molecule is Nc1nc(N2CCOCC2)c2nc(Cc3ccc(F)cc3)sc2n1. The fourth-order valence-corrected chi connectivity index (χ4v) is 3.69. The average molecular weight is 345 g/mol. The molecule has 6 nitrogen and oxygen atoms in total. The number of thiazole rings is 1. The van der Waals surface area contributed by atoms with Crippen LogP contribution in [-0.4, -0.2) is 41.3 Å². The molecule has 24 heavy (non-hydrogen) atoms. The van der Waals surface area contributed by atoms with Crippen LogP contribution in [0.15, 0.2) is 24.3 Å². The van der Waals surface area contributed by atoms with Gasteiger partial charge in [-0.15, -0.1) is 0 Å². The summed E-state index contributed by atoms with van der Waals surface area (Å²) >= 11 is 1.49. The van der Waals surface area contributed by atoms with Gasteiger partial charge in [0.25, 0.3) is 0 Å². The van der Waals surface area contributed by atoms with Gasteiger partial charge in [0.05, 0.1) is 18.2 Å². The third-order valence-corrected chi connectivity index (χ3v) is 4.83. The van der Waals surface area contributed by atoms with E-state index in [1.54, 1.807) is 12.1 Å². The smallest absolute Gasteiger partial charge is 0.223 e. The summed E-state index contributed by atoms with van der Waals surface area (Å²) in [4.78, 5) is 16.3. The number of nitrogens with zero attached hydrogens (tertiary/aromatic N) is 4. The summed E-state index contributed by atoms with van der Waals surface area (Å²) in [7, 11) is 0. The summed E-state index contributed by atoms with van der Waals surface area (Å²) in [5.74, 6) is 0.777. The summed E-state index contributed by atoms with van der Waals surface area (Å²) in [6.45, 7) is 2.85. The number of hydrogen-bond acceptors (Lipinski definition) is 7. The molecule has 1 aliphatic heterocycles. The zero-order chi connectivity index (χ0) is 16.5. The predicted octanol–water partition coefficient (Wildman–Crippen LogP) is 2.24. The lowest BCUT2D eigenvalue weighted by Gasteiger charge is -2.27. The Kier molecular flexibility index (Phi) is 3.99. The minimum atomic E-state index is -0.240. The molecule has 2 N–H and O–H groups in total. The lowest BCUT2D eigenvalue weighted by Crippen LogP contribution is -2.37.